The summed E-state index contributed by atoms with van der Waals surface area (Å²) in [6, 6.07) is 0.496. The van der Waals surface area contributed by atoms with Crippen LogP contribution in [0, 0.1) is 23.7 Å². The molecule has 10 heteroatoms. The smallest absolute Gasteiger partial charge is 0.307 e. The van der Waals surface area contributed by atoms with Crippen LogP contribution in [0.5, 0.6) is 0 Å². The zero-order chi connectivity index (χ0) is 30.7. The van der Waals surface area contributed by atoms with Gasteiger partial charge in [0.15, 0.2) is 0 Å². The normalized spacial score (nSPS) is 38.6. The molecule has 6 unspecified atom stereocenters. The maximum atomic E-state index is 12.9. The first kappa shape index (κ1) is 34.0. The molecule has 0 aromatic heterocycles. The van der Waals surface area contributed by atoms with Gasteiger partial charge in [-0.15, -0.1) is 0 Å². The summed E-state index contributed by atoms with van der Waals surface area (Å²) in [4.78, 5) is 34.9. The van der Waals surface area contributed by atoms with E-state index in [-0.39, 0.29) is 36.2 Å². The minimum absolute atomic E-state index is 0.0616. The Kier molecular flexibility index (Phi) is 13.6. The standard InChI is InChI=1S/C34H58N2O8/c37-33(31-10-3-4-11-32(31)34(38)39)35-25-12-16-27(17-13-25)43-29-8-5-9-30(20-29)44-28-18-14-26(15-19-28)36-41-21-23-6-1-2-7-24(23)22-42-40/h23-32,36,40H,1-22H2,(H,35,37)(H,38,39). The van der Waals surface area contributed by atoms with E-state index in [9.17, 15) is 14.7 Å². The molecule has 252 valence electrons. The lowest BCUT2D eigenvalue weighted by Gasteiger charge is -2.38. The number of amides is 1. The molecule has 0 heterocycles. The summed E-state index contributed by atoms with van der Waals surface area (Å²) in [6.45, 7) is 1.08. The Balaban J connectivity index is 0.944. The predicted octanol–water partition coefficient (Wildman–Crippen LogP) is 5.78. The Morgan fingerprint density at radius 2 is 1.14 bits per heavy atom. The van der Waals surface area contributed by atoms with E-state index in [1.807, 2.05) is 0 Å². The van der Waals surface area contributed by atoms with Gasteiger partial charge in [-0.05, 0) is 115 Å². The topological polar surface area (TPSA) is 136 Å². The number of carboxylic acid groups (broad SMARTS) is 1. The highest BCUT2D eigenvalue weighted by Crippen LogP contribution is 2.34. The number of rotatable bonds is 13. The van der Waals surface area contributed by atoms with E-state index in [0.29, 0.717) is 50.0 Å². The molecule has 5 aliphatic rings. The van der Waals surface area contributed by atoms with Crippen molar-refractivity contribution < 1.29 is 39.2 Å². The Morgan fingerprint density at radius 1 is 0.591 bits per heavy atom. The van der Waals surface area contributed by atoms with Crippen molar-refractivity contribution in [3.8, 4) is 0 Å². The molecule has 0 aromatic rings. The molecule has 0 radical (unpaired) electrons. The first-order valence-electron chi connectivity index (χ1n) is 18.0. The van der Waals surface area contributed by atoms with Crippen LogP contribution in [0.1, 0.15) is 128 Å². The van der Waals surface area contributed by atoms with E-state index in [1.54, 1.807) is 0 Å². The Morgan fingerprint density at radius 3 is 1.73 bits per heavy atom. The molecular formula is C34H58N2O8. The van der Waals surface area contributed by atoms with Crippen molar-refractivity contribution in [2.45, 2.75) is 165 Å². The first-order chi connectivity index (χ1) is 21.5. The van der Waals surface area contributed by atoms with Crippen LogP contribution in [0.25, 0.3) is 0 Å². The van der Waals surface area contributed by atoms with Gasteiger partial charge in [-0.2, -0.15) is 5.48 Å². The van der Waals surface area contributed by atoms with Crippen LogP contribution in [0.15, 0.2) is 0 Å². The highest BCUT2D eigenvalue weighted by atomic mass is 17.1. The average molecular weight is 623 g/mol. The van der Waals surface area contributed by atoms with Crippen molar-refractivity contribution >= 4 is 11.9 Å². The monoisotopic (exact) mass is 622 g/mol. The molecule has 1 amide bonds. The molecule has 5 fully saturated rings. The van der Waals surface area contributed by atoms with E-state index < -0.39 is 11.9 Å². The Labute approximate surface area is 263 Å². The van der Waals surface area contributed by atoms with E-state index in [1.165, 1.54) is 12.8 Å². The molecule has 0 bridgehead atoms. The maximum absolute atomic E-state index is 12.9. The summed E-state index contributed by atoms with van der Waals surface area (Å²) in [5.74, 6) is -0.992. The number of nitrogens with one attached hydrogen (secondary N) is 2. The van der Waals surface area contributed by atoms with E-state index in [2.05, 4.69) is 15.7 Å². The third kappa shape index (κ3) is 10.1. The lowest BCUT2D eigenvalue weighted by molar-refractivity contribution is -0.256. The fourth-order valence-corrected chi connectivity index (χ4v) is 8.69. The molecule has 0 spiro atoms. The lowest BCUT2D eigenvalue weighted by atomic mass is 9.78. The molecule has 0 aliphatic heterocycles. The summed E-state index contributed by atoms with van der Waals surface area (Å²) >= 11 is 0. The largest absolute Gasteiger partial charge is 0.481 e. The van der Waals surface area contributed by atoms with Crippen LogP contribution in [0.4, 0.5) is 0 Å². The van der Waals surface area contributed by atoms with Crippen molar-refractivity contribution in [2.24, 2.45) is 23.7 Å². The predicted molar refractivity (Wildman–Crippen MR) is 165 cm³/mol. The van der Waals surface area contributed by atoms with Crippen molar-refractivity contribution in [2.75, 3.05) is 13.2 Å². The molecular weight excluding hydrogens is 564 g/mol. The molecule has 5 saturated carbocycles. The van der Waals surface area contributed by atoms with Gasteiger partial charge in [0.25, 0.3) is 0 Å². The highest BCUT2D eigenvalue weighted by Gasteiger charge is 2.37. The SMILES string of the molecule is O=C(O)C1CCCCC1C(=O)NC1CCC(OC2CCCC(OC3CCC(NOCC4CCCCC4COO)CC3)C2)CC1. The van der Waals surface area contributed by atoms with Gasteiger partial charge in [-0.3, -0.25) is 14.8 Å². The van der Waals surface area contributed by atoms with E-state index in [4.69, 9.17) is 19.6 Å². The maximum Gasteiger partial charge on any atom is 0.307 e. The molecule has 5 rings (SSSR count). The van der Waals surface area contributed by atoms with Gasteiger partial charge in [-0.25, -0.2) is 4.89 Å². The molecule has 4 N–H and O–H groups in total. The number of aliphatic carboxylic acids is 1. The fraction of sp³-hybridized carbons (Fsp3) is 0.941. The van der Waals surface area contributed by atoms with Crippen molar-refractivity contribution in [3.63, 3.8) is 0 Å². The van der Waals surface area contributed by atoms with E-state index >= 15 is 0 Å². The second kappa shape index (κ2) is 17.6. The number of carbonyl (C=O) groups is 2. The van der Waals surface area contributed by atoms with E-state index in [0.717, 1.165) is 103 Å². The summed E-state index contributed by atoms with van der Waals surface area (Å²) < 4.78 is 13.2. The highest BCUT2D eigenvalue weighted by molar-refractivity contribution is 5.85. The first-order valence-corrected chi connectivity index (χ1v) is 18.0. The molecule has 10 nitrogen and oxygen atoms in total. The minimum atomic E-state index is -0.832. The zero-order valence-electron chi connectivity index (χ0n) is 26.7. The van der Waals surface area contributed by atoms with Crippen LogP contribution in [0.3, 0.4) is 0 Å². The van der Waals surface area contributed by atoms with Crippen molar-refractivity contribution in [1.29, 1.82) is 0 Å². The Bertz CT molecular complexity index is 873. The summed E-state index contributed by atoms with van der Waals surface area (Å²) in [5, 5.41) is 21.6. The quantitative estimate of drug-likeness (QED) is 0.149. The molecule has 0 saturated heterocycles. The molecule has 0 aromatic carbocycles. The molecule has 5 aliphatic carbocycles. The molecule has 44 heavy (non-hydrogen) atoms. The van der Waals surface area contributed by atoms with Gasteiger partial charge in [0, 0.05) is 12.1 Å². The van der Waals surface area contributed by atoms with Gasteiger partial charge in [0.05, 0.1) is 49.5 Å². The van der Waals surface area contributed by atoms with Gasteiger partial charge in [0.1, 0.15) is 0 Å². The fourth-order valence-electron chi connectivity index (χ4n) is 8.69. The van der Waals surface area contributed by atoms with Crippen LogP contribution in [0.2, 0.25) is 0 Å². The van der Waals surface area contributed by atoms with Gasteiger partial charge in [0.2, 0.25) is 5.91 Å². The van der Waals surface area contributed by atoms with Gasteiger partial charge < -0.3 is 24.7 Å². The zero-order valence-corrected chi connectivity index (χ0v) is 26.7. The van der Waals surface area contributed by atoms with Crippen LogP contribution >= 0.6 is 0 Å². The molecule has 6 atom stereocenters. The number of carboxylic acids is 1. The number of hydrogen-bond donors (Lipinski definition) is 4. The van der Waals surface area contributed by atoms with Crippen molar-refractivity contribution in [3.05, 3.63) is 0 Å². The average Bonchev–Trinajstić information content (AvgIpc) is 3.04. The minimum Gasteiger partial charge on any atom is -0.481 e. The number of hydrogen-bond acceptors (Lipinski definition) is 8. The third-order valence-corrected chi connectivity index (χ3v) is 11.4. The second-order valence-electron chi connectivity index (χ2n) is 14.5. The van der Waals surface area contributed by atoms with Crippen LogP contribution < -0.4 is 10.8 Å². The lowest BCUT2D eigenvalue weighted by Crippen LogP contribution is -2.46. The number of hydroxylamine groups is 1. The third-order valence-electron chi connectivity index (χ3n) is 11.4. The summed E-state index contributed by atoms with van der Waals surface area (Å²) in [6.07, 6.45) is 21.1. The summed E-state index contributed by atoms with van der Waals surface area (Å²) in [7, 11) is 0. The summed E-state index contributed by atoms with van der Waals surface area (Å²) in [5.41, 5.74) is 3.32. The Hall–Kier alpha value is -1.30. The number of carbonyl (C=O) groups excluding carboxylic acids is 1. The van der Waals surface area contributed by atoms with Gasteiger partial charge >= 0.3 is 5.97 Å². The van der Waals surface area contributed by atoms with Gasteiger partial charge in [-0.1, -0.05) is 25.7 Å². The van der Waals surface area contributed by atoms with Crippen molar-refractivity contribution in [1.82, 2.24) is 10.8 Å². The second-order valence-corrected chi connectivity index (χ2v) is 14.5. The van der Waals surface area contributed by atoms with Crippen LogP contribution in [-0.2, 0) is 28.8 Å². The van der Waals surface area contributed by atoms with Crippen LogP contribution in [-0.4, -0.2) is 72.0 Å². The number of ether oxygens (including phenoxy) is 2.